The van der Waals surface area contributed by atoms with Gasteiger partial charge in [-0.2, -0.15) is 0 Å². The second-order valence-corrected chi connectivity index (χ2v) is 7.38. The zero-order chi connectivity index (χ0) is 16.1. The Morgan fingerprint density at radius 1 is 1.13 bits per heavy atom. The van der Waals surface area contributed by atoms with Crippen LogP contribution >= 0.6 is 0 Å². The molecule has 1 aromatic carbocycles. The molecule has 2 aliphatic rings. The van der Waals surface area contributed by atoms with Gasteiger partial charge in [0.15, 0.2) is 0 Å². The molecule has 23 heavy (non-hydrogen) atoms. The third kappa shape index (κ3) is 4.57. The van der Waals surface area contributed by atoms with Crippen molar-refractivity contribution >= 4 is 5.91 Å². The van der Waals surface area contributed by atoms with Crippen molar-refractivity contribution in [1.29, 1.82) is 0 Å². The van der Waals surface area contributed by atoms with Gasteiger partial charge in [-0.1, -0.05) is 37.3 Å². The molecule has 2 heterocycles. The molecule has 0 aromatic heterocycles. The SMILES string of the molecule is C[C@H]1CCCN(C(=O)CN2CCC[C@@H]2CCc2ccccc2)C1. The van der Waals surface area contributed by atoms with E-state index >= 15 is 0 Å². The van der Waals surface area contributed by atoms with Crippen LogP contribution in [-0.4, -0.2) is 47.9 Å². The van der Waals surface area contributed by atoms with Gasteiger partial charge in [-0.05, 0) is 56.6 Å². The number of likely N-dealkylation sites (tertiary alicyclic amines) is 2. The zero-order valence-electron chi connectivity index (χ0n) is 14.4. The topological polar surface area (TPSA) is 23.6 Å². The standard InChI is InChI=1S/C20H30N2O/c1-17-7-5-14-22(15-17)20(23)16-21-13-6-10-19(21)12-11-18-8-3-2-4-9-18/h2-4,8-9,17,19H,5-7,10-16H2,1H3/t17-,19+/m0/s1. The minimum atomic E-state index is 0.350. The summed E-state index contributed by atoms with van der Waals surface area (Å²) in [5, 5.41) is 0. The van der Waals surface area contributed by atoms with Gasteiger partial charge in [0, 0.05) is 19.1 Å². The molecule has 2 atom stereocenters. The molecule has 0 bridgehead atoms. The molecule has 1 aromatic rings. The first-order valence-corrected chi connectivity index (χ1v) is 9.28. The van der Waals surface area contributed by atoms with E-state index in [1.807, 2.05) is 0 Å². The maximum atomic E-state index is 12.6. The fourth-order valence-corrected chi connectivity index (χ4v) is 4.10. The first-order chi connectivity index (χ1) is 11.2. The lowest BCUT2D eigenvalue weighted by atomic mass is 10.0. The van der Waals surface area contributed by atoms with E-state index in [2.05, 4.69) is 47.1 Å². The Morgan fingerprint density at radius 2 is 1.91 bits per heavy atom. The smallest absolute Gasteiger partial charge is 0.236 e. The molecule has 2 fully saturated rings. The van der Waals surface area contributed by atoms with Crippen molar-refractivity contribution < 1.29 is 4.79 Å². The molecule has 3 heteroatoms. The Morgan fingerprint density at radius 3 is 2.70 bits per heavy atom. The predicted octanol–water partition coefficient (Wildman–Crippen LogP) is 3.34. The summed E-state index contributed by atoms with van der Waals surface area (Å²) in [5.41, 5.74) is 1.41. The summed E-state index contributed by atoms with van der Waals surface area (Å²) < 4.78 is 0. The Hall–Kier alpha value is -1.35. The Balaban J connectivity index is 1.49. The molecule has 2 aliphatic heterocycles. The summed E-state index contributed by atoms with van der Waals surface area (Å²) >= 11 is 0. The van der Waals surface area contributed by atoms with E-state index in [0.717, 1.165) is 26.1 Å². The van der Waals surface area contributed by atoms with Crippen LogP contribution < -0.4 is 0 Å². The van der Waals surface area contributed by atoms with Crippen LogP contribution in [-0.2, 0) is 11.2 Å². The van der Waals surface area contributed by atoms with E-state index in [9.17, 15) is 4.79 Å². The van der Waals surface area contributed by atoms with Gasteiger partial charge in [0.05, 0.1) is 6.54 Å². The number of hydrogen-bond acceptors (Lipinski definition) is 2. The Kier molecular flexibility index (Phi) is 5.71. The van der Waals surface area contributed by atoms with Crippen LogP contribution in [0.15, 0.2) is 30.3 Å². The molecule has 3 nitrogen and oxygen atoms in total. The molecule has 0 saturated carbocycles. The molecule has 0 unspecified atom stereocenters. The summed E-state index contributed by atoms with van der Waals surface area (Å²) in [6.07, 6.45) is 7.22. The van der Waals surface area contributed by atoms with E-state index < -0.39 is 0 Å². The van der Waals surface area contributed by atoms with Gasteiger partial charge in [-0.25, -0.2) is 0 Å². The molecule has 0 spiro atoms. The predicted molar refractivity (Wildman–Crippen MR) is 94.3 cm³/mol. The number of rotatable bonds is 5. The first-order valence-electron chi connectivity index (χ1n) is 9.28. The molecule has 0 radical (unpaired) electrons. The van der Waals surface area contributed by atoms with Crippen molar-refractivity contribution in [2.75, 3.05) is 26.2 Å². The van der Waals surface area contributed by atoms with Crippen LogP contribution in [0.5, 0.6) is 0 Å². The highest BCUT2D eigenvalue weighted by atomic mass is 16.2. The Bertz CT molecular complexity index is 502. The highest BCUT2D eigenvalue weighted by Crippen LogP contribution is 2.23. The number of aryl methyl sites for hydroxylation is 1. The first kappa shape index (κ1) is 16.5. The highest BCUT2D eigenvalue weighted by molar-refractivity contribution is 5.78. The number of amides is 1. The van der Waals surface area contributed by atoms with Gasteiger partial charge in [0.25, 0.3) is 0 Å². The van der Waals surface area contributed by atoms with Crippen LogP contribution in [0.1, 0.15) is 44.6 Å². The van der Waals surface area contributed by atoms with Gasteiger partial charge in [-0.3, -0.25) is 9.69 Å². The average Bonchev–Trinajstić information content (AvgIpc) is 3.01. The van der Waals surface area contributed by atoms with E-state index in [1.165, 1.54) is 37.7 Å². The number of nitrogens with zero attached hydrogens (tertiary/aromatic N) is 2. The Labute approximate surface area is 140 Å². The summed E-state index contributed by atoms with van der Waals surface area (Å²) in [5.74, 6) is 1.02. The van der Waals surface area contributed by atoms with Crippen LogP contribution in [0.25, 0.3) is 0 Å². The van der Waals surface area contributed by atoms with Gasteiger partial charge in [0.1, 0.15) is 0 Å². The third-order valence-corrected chi connectivity index (χ3v) is 5.46. The van der Waals surface area contributed by atoms with Gasteiger partial charge < -0.3 is 4.90 Å². The third-order valence-electron chi connectivity index (χ3n) is 5.46. The van der Waals surface area contributed by atoms with Crippen LogP contribution in [0.4, 0.5) is 0 Å². The monoisotopic (exact) mass is 314 g/mol. The highest BCUT2D eigenvalue weighted by Gasteiger charge is 2.28. The second kappa shape index (κ2) is 7.96. The van der Waals surface area contributed by atoms with Crippen molar-refractivity contribution in [2.24, 2.45) is 5.92 Å². The van der Waals surface area contributed by atoms with Gasteiger partial charge in [-0.15, -0.1) is 0 Å². The number of carbonyl (C=O) groups is 1. The van der Waals surface area contributed by atoms with Crippen molar-refractivity contribution in [3.63, 3.8) is 0 Å². The molecule has 0 aliphatic carbocycles. The minimum absolute atomic E-state index is 0.350. The quantitative estimate of drug-likeness (QED) is 0.832. The molecular weight excluding hydrogens is 284 g/mol. The normalized spacial score (nSPS) is 25.7. The van der Waals surface area contributed by atoms with Crippen LogP contribution in [0.2, 0.25) is 0 Å². The van der Waals surface area contributed by atoms with E-state index in [1.54, 1.807) is 0 Å². The van der Waals surface area contributed by atoms with Crippen LogP contribution in [0.3, 0.4) is 0 Å². The maximum Gasteiger partial charge on any atom is 0.236 e. The van der Waals surface area contributed by atoms with E-state index in [0.29, 0.717) is 24.4 Å². The number of hydrogen-bond donors (Lipinski definition) is 0. The minimum Gasteiger partial charge on any atom is -0.341 e. The van der Waals surface area contributed by atoms with Gasteiger partial charge >= 0.3 is 0 Å². The van der Waals surface area contributed by atoms with Crippen LogP contribution in [0, 0.1) is 5.92 Å². The molecule has 2 saturated heterocycles. The van der Waals surface area contributed by atoms with Crippen molar-refractivity contribution in [3.8, 4) is 0 Å². The number of carbonyl (C=O) groups excluding carboxylic acids is 1. The number of piperidine rings is 1. The van der Waals surface area contributed by atoms with E-state index in [4.69, 9.17) is 0 Å². The summed E-state index contributed by atoms with van der Waals surface area (Å²) in [6.45, 7) is 5.91. The van der Waals surface area contributed by atoms with Crippen molar-refractivity contribution in [3.05, 3.63) is 35.9 Å². The molecule has 1 amide bonds. The second-order valence-electron chi connectivity index (χ2n) is 7.38. The van der Waals surface area contributed by atoms with Gasteiger partial charge in [0.2, 0.25) is 5.91 Å². The van der Waals surface area contributed by atoms with E-state index in [-0.39, 0.29) is 0 Å². The summed E-state index contributed by atoms with van der Waals surface area (Å²) in [4.78, 5) is 17.1. The molecule has 3 rings (SSSR count). The lowest BCUT2D eigenvalue weighted by Gasteiger charge is -2.33. The summed E-state index contributed by atoms with van der Waals surface area (Å²) in [7, 11) is 0. The fraction of sp³-hybridized carbons (Fsp3) is 0.650. The molecule has 0 N–H and O–H groups in total. The van der Waals surface area contributed by atoms with Crippen molar-refractivity contribution in [1.82, 2.24) is 9.80 Å². The summed E-state index contributed by atoms with van der Waals surface area (Å²) in [6, 6.07) is 11.3. The largest absolute Gasteiger partial charge is 0.341 e. The number of benzene rings is 1. The van der Waals surface area contributed by atoms with Crippen molar-refractivity contribution in [2.45, 2.75) is 51.5 Å². The fourth-order valence-electron chi connectivity index (χ4n) is 4.10. The maximum absolute atomic E-state index is 12.6. The zero-order valence-corrected chi connectivity index (χ0v) is 14.4. The molecule has 126 valence electrons. The molecular formula is C20H30N2O. The lowest BCUT2D eigenvalue weighted by Crippen LogP contribution is -2.45. The lowest BCUT2D eigenvalue weighted by molar-refractivity contribution is -0.134. The average molecular weight is 314 g/mol.